The normalized spacial score (nSPS) is 15.0. The minimum Gasteiger partial charge on any atom is -0.378 e. The Labute approximate surface area is 138 Å². The van der Waals surface area contributed by atoms with Crippen molar-refractivity contribution >= 4 is 34.0 Å². The second-order valence-corrected chi connectivity index (χ2v) is 6.45. The van der Waals surface area contributed by atoms with Crippen LogP contribution in [0.3, 0.4) is 0 Å². The molecule has 4 rings (SSSR count). The van der Waals surface area contributed by atoms with Crippen LogP contribution in [0.5, 0.6) is 0 Å². The molecule has 1 N–H and O–H groups in total. The van der Waals surface area contributed by atoms with E-state index in [0.717, 1.165) is 55.5 Å². The fourth-order valence-corrected chi connectivity index (χ4v) is 3.33. The zero-order valence-electron chi connectivity index (χ0n) is 12.7. The molecule has 3 aromatic rings. The summed E-state index contributed by atoms with van der Waals surface area (Å²) in [5.74, 6) is 1.67. The molecule has 1 fully saturated rings. The number of morpholine rings is 1. The minimum atomic E-state index is 0.730. The number of fused-ring (bicyclic) bond motifs is 1. The zero-order chi connectivity index (χ0) is 15.5. The van der Waals surface area contributed by atoms with Gasteiger partial charge in [0.05, 0.1) is 25.3 Å². The summed E-state index contributed by atoms with van der Waals surface area (Å²) in [6.45, 7) is 3.91. The van der Waals surface area contributed by atoms with Crippen LogP contribution in [0.1, 0.15) is 4.88 Å². The molecule has 0 aliphatic carbocycles. The number of aromatic nitrogens is 2. The first-order chi connectivity index (χ1) is 11.4. The smallest absolute Gasteiger partial charge is 0.228 e. The van der Waals surface area contributed by atoms with Crippen LogP contribution >= 0.6 is 11.3 Å². The van der Waals surface area contributed by atoms with Crippen molar-refractivity contribution in [2.24, 2.45) is 0 Å². The molecular formula is C17H18N4OS. The Morgan fingerprint density at radius 2 is 1.96 bits per heavy atom. The van der Waals surface area contributed by atoms with E-state index in [1.807, 2.05) is 18.2 Å². The van der Waals surface area contributed by atoms with Crippen LogP contribution in [0.2, 0.25) is 0 Å². The van der Waals surface area contributed by atoms with Gasteiger partial charge < -0.3 is 15.0 Å². The van der Waals surface area contributed by atoms with Crippen LogP contribution < -0.4 is 10.2 Å². The molecule has 0 atom stereocenters. The van der Waals surface area contributed by atoms with Gasteiger partial charge in [-0.1, -0.05) is 18.2 Å². The van der Waals surface area contributed by atoms with E-state index in [2.05, 4.69) is 33.8 Å². The van der Waals surface area contributed by atoms with Gasteiger partial charge in [-0.2, -0.15) is 4.98 Å². The molecule has 1 saturated heterocycles. The molecule has 23 heavy (non-hydrogen) atoms. The number of hydrogen-bond donors (Lipinski definition) is 1. The highest BCUT2D eigenvalue weighted by molar-refractivity contribution is 7.09. The van der Waals surface area contributed by atoms with Crippen molar-refractivity contribution in [2.75, 3.05) is 36.5 Å². The van der Waals surface area contributed by atoms with Crippen molar-refractivity contribution in [3.63, 3.8) is 0 Å². The Morgan fingerprint density at radius 3 is 2.78 bits per heavy atom. The number of hydrogen-bond acceptors (Lipinski definition) is 6. The average molecular weight is 326 g/mol. The highest BCUT2D eigenvalue weighted by atomic mass is 32.1. The summed E-state index contributed by atoms with van der Waals surface area (Å²) in [6.07, 6.45) is 0. The lowest BCUT2D eigenvalue weighted by Gasteiger charge is -2.27. The van der Waals surface area contributed by atoms with E-state index in [-0.39, 0.29) is 0 Å². The summed E-state index contributed by atoms with van der Waals surface area (Å²) in [5, 5.41) is 6.62. The lowest BCUT2D eigenvalue weighted by Crippen LogP contribution is -2.37. The maximum absolute atomic E-state index is 5.42. The lowest BCUT2D eigenvalue weighted by atomic mass is 10.2. The van der Waals surface area contributed by atoms with E-state index >= 15 is 0 Å². The van der Waals surface area contributed by atoms with Crippen molar-refractivity contribution < 1.29 is 4.74 Å². The molecule has 118 valence electrons. The van der Waals surface area contributed by atoms with Gasteiger partial charge in [0.2, 0.25) is 5.95 Å². The third kappa shape index (κ3) is 3.13. The van der Waals surface area contributed by atoms with E-state index in [1.54, 1.807) is 11.3 Å². The third-order valence-corrected chi connectivity index (χ3v) is 4.77. The molecule has 3 heterocycles. The maximum atomic E-state index is 5.42. The molecule has 0 saturated carbocycles. The van der Waals surface area contributed by atoms with Crippen molar-refractivity contribution in [3.8, 4) is 0 Å². The Bertz CT molecular complexity index is 784. The average Bonchev–Trinajstić information content (AvgIpc) is 3.14. The summed E-state index contributed by atoms with van der Waals surface area (Å²) in [4.78, 5) is 13.0. The number of rotatable bonds is 4. The van der Waals surface area contributed by atoms with Crippen LogP contribution in [0.15, 0.2) is 41.8 Å². The molecule has 6 heteroatoms. The summed E-state index contributed by atoms with van der Waals surface area (Å²) in [5.41, 5.74) is 0.970. The van der Waals surface area contributed by atoms with Crippen LogP contribution in [-0.2, 0) is 11.3 Å². The van der Waals surface area contributed by atoms with Crippen LogP contribution in [0, 0.1) is 0 Å². The van der Waals surface area contributed by atoms with Gasteiger partial charge in [-0.05, 0) is 23.6 Å². The summed E-state index contributed by atoms with van der Waals surface area (Å²) >= 11 is 1.75. The molecule has 1 aromatic carbocycles. The van der Waals surface area contributed by atoms with Crippen molar-refractivity contribution in [1.82, 2.24) is 9.97 Å². The Morgan fingerprint density at radius 1 is 1.09 bits per heavy atom. The largest absolute Gasteiger partial charge is 0.378 e. The highest BCUT2D eigenvalue weighted by Crippen LogP contribution is 2.24. The maximum Gasteiger partial charge on any atom is 0.228 e. The van der Waals surface area contributed by atoms with E-state index < -0.39 is 0 Å². The predicted octanol–water partition coefficient (Wildman–Crippen LogP) is 3.14. The summed E-state index contributed by atoms with van der Waals surface area (Å²) < 4.78 is 5.42. The Kier molecular flexibility index (Phi) is 4.08. The molecule has 1 aliphatic heterocycles. The molecule has 0 bridgehead atoms. The second-order valence-electron chi connectivity index (χ2n) is 5.42. The lowest BCUT2D eigenvalue weighted by molar-refractivity contribution is 0.122. The summed E-state index contributed by atoms with van der Waals surface area (Å²) in [6, 6.07) is 12.3. The standard InChI is InChI=1S/C17H18N4OS/c1-2-6-15-14(5-1)16(18-12-13-4-3-11-23-13)20-17(19-15)21-7-9-22-10-8-21/h1-6,11H,7-10,12H2,(H,18,19,20). The van der Waals surface area contributed by atoms with Crippen molar-refractivity contribution in [1.29, 1.82) is 0 Å². The van der Waals surface area contributed by atoms with Gasteiger partial charge >= 0.3 is 0 Å². The van der Waals surface area contributed by atoms with Crippen molar-refractivity contribution in [2.45, 2.75) is 6.54 Å². The van der Waals surface area contributed by atoms with Gasteiger partial charge in [-0.15, -0.1) is 11.3 Å². The first kappa shape index (κ1) is 14.4. The number of thiophene rings is 1. The van der Waals surface area contributed by atoms with Crippen LogP contribution in [-0.4, -0.2) is 36.3 Å². The number of ether oxygens (including phenoxy) is 1. The number of para-hydroxylation sites is 1. The molecule has 2 aromatic heterocycles. The van der Waals surface area contributed by atoms with E-state index in [4.69, 9.17) is 14.7 Å². The van der Waals surface area contributed by atoms with Gasteiger partial charge in [0.25, 0.3) is 0 Å². The second kappa shape index (κ2) is 6.52. The molecule has 0 radical (unpaired) electrons. The van der Waals surface area contributed by atoms with Gasteiger partial charge in [0.15, 0.2) is 0 Å². The van der Waals surface area contributed by atoms with E-state index in [9.17, 15) is 0 Å². The van der Waals surface area contributed by atoms with E-state index in [0.29, 0.717) is 0 Å². The highest BCUT2D eigenvalue weighted by Gasteiger charge is 2.16. The predicted molar refractivity (Wildman–Crippen MR) is 94.2 cm³/mol. The first-order valence-corrected chi connectivity index (χ1v) is 8.64. The molecule has 0 spiro atoms. The Hall–Kier alpha value is -2.18. The number of nitrogens with one attached hydrogen (secondary N) is 1. The number of benzene rings is 1. The molecule has 0 amide bonds. The molecule has 1 aliphatic rings. The first-order valence-electron chi connectivity index (χ1n) is 7.76. The molecule has 0 unspecified atom stereocenters. The summed E-state index contributed by atoms with van der Waals surface area (Å²) in [7, 11) is 0. The van der Waals surface area contributed by atoms with Gasteiger partial charge in [-0.3, -0.25) is 0 Å². The minimum absolute atomic E-state index is 0.730. The van der Waals surface area contributed by atoms with Crippen LogP contribution in [0.25, 0.3) is 10.9 Å². The Balaban J connectivity index is 1.68. The number of anilines is 2. The molecule has 5 nitrogen and oxygen atoms in total. The third-order valence-electron chi connectivity index (χ3n) is 3.90. The SMILES string of the molecule is c1csc(CNc2nc(N3CCOCC3)nc3ccccc23)c1. The van der Waals surface area contributed by atoms with E-state index in [1.165, 1.54) is 4.88 Å². The quantitative estimate of drug-likeness (QED) is 0.798. The topological polar surface area (TPSA) is 50.3 Å². The van der Waals surface area contributed by atoms with Gasteiger partial charge in [0.1, 0.15) is 5.82 Å². The van der Waals surface area contributed by atoms with Gasteiger partial charge in [-0.25, -0.2) is 4.98 Å². The fourth-order valence-electron chi connectivity index (χ4n) is 2.69. The molecular weight excluding hydrogens is 308 g/mol. The monoisotopic (exact) mass is 326 g/mol. The number of nitrogens with zero attached hydrogens (tertiary/aromatic N) is 3. The van der Waals surface area contributed by atoms with Crippen LogP contribution in [0.4, 0.5) is 11.8 Å². The fraction of sp³-hybridized carbons (Fsp3) is 0.294. The van der Waals surface area contributed by atoms with Gasteiger partial charge in [0, 0.05) is 23.4 Å². The van der Waals surface area contributed by atoms with Crippen molar-refractivity contribution in [3.05, 3.63) is 46.7 Å². The zero-order valence-corrected chi connectivity index (χ0v) is 13.6.